The number of halogens is 2. The molecule has 18 heavy (non-hydrogen) atoms. The maximum absolute atomic E-state index is 6.20. The average molecular weight is 351 g/mol. The normalized spacial score (nSPS) is 24.4. The number of thiophene rings is 1. The SMILES string of the molecule is CCNC(c1cc(Br)c(Cl)s1)C1CCCC1(C)C. The van der Waals surface area contributed by atoms with Crippen molar-refractivity contribution in [2.24, 2.45) is 11.3 Å². The maximum atomic E-state index is 6.20. The van der Waals surface area contributed by atoms with E-state index in [1.807, 2.05) is 0 Å². The number of rotatable bonds is 4. The van der Waals surface area contributed by atoms with E-state index in [1.54, 1.807) is 11.3 Å². The largest absolute Gasteiger partial charge is 0.309 e. The van der Waals surface area contributed by atoms with Crippen molar-refractivity contribution in [3.8, 4) is 0 Å². The van der Waals surface area contributed by atoms with Crippen LogP contribution in [0.5, 0.6) is 0 Å². The Hall–Kier alpha value is 0.430. The molecule has 0 radical (unpaired) electrons. The second kappa shape index (κ2) is 5.82. The van der Waals surface area contributed by atoms with Crippen molar-refractivity contribution in [1.29, 1.82) is 0 Å². The van der Waals surface area contributed by atoms with Gasteiger partial charge in [0.25, 0.3) is 0 Å². The van der Waals surface area contributed by atoms with Crippen LogP contribution in [-0.4, -0.2) is 6.54 Å². The molecule has 1 aliphatic carbocycles. The highest BCUT2D eigenvalue weighted by molar-refractivity contribution is 9.10. The fourth-order valence-electron chi connectivity index (χ4n) is 3.15. The monoisotopic (exact) mass is 349 g/mol. The molecule has 0 aliphatic heterocycles. The summed E-state index contributed by atoms with van der Waals surface area (Å²) in [6, 6.07) is 2.63. The van der Waals surface area contributed by atoms with Gasteiger partial charge in [-0.1, -0.05) is 38.8 Å². The van der Waals surface area contributed by atoms with Crippen LogP contribution in [0.2, 0.25) is 4.34 Å². The molecule has 2 atom stereocenters. The Morgan fingerprint density at radius 3 is 2.78 bits per heavy atom. The third kappa shape index (κ3) is 2.95. The molecule has 2 rings (SSSR count). The summed E-state index contributed by atoms with van der Waals surface area (Å²) in [4.78, 5) is 1.37. The molecule has 4 heteroatoms. The van der Waals surface area contributed by atoms with E-state index in [0.29, 0.717) is 17.4 Å². The highest BCUT2D eigenvalue weighted by atomic mass is 79.9. The van der Waals surface area contributed by atoms with Gasteiger partial charge in [0, 0.05) is 15.4 Å². The van der Waals surface area contributed by atoms with Gasteiger partial charge in [-0.05, 0) is 52.7 Å². The Labute approximate surface area is 127 Å². The molecule has 0 saturated heterocycles. The van der Waals surface area contributed by atoms with Gasteiger partial charge < -0.3 is 5.32 Å². The topological polar surface area (TPSA) is 12.0 Å². The Bertz CT molecular complexity index is 396. The first kappa shape index (κ1) is 14.8. The Balaban J connectivity index is 2.28. The molecule has 1 nitrogen and oxygen atoms in total. The summed E-state index contributed by atoms with van der Waals surface area (Å²) in [5, 5.41) is 3.67. The predicted octanol–water partition coefficient (Wildman–Crippen LogP) is 5.64. The van der Waals surface area contributed by atoms with Crippen molar-refractivity contribution in [3.05, 3.63) is 19.8 Å². The van der Waals surface area contributed by atoms with Crippen LogP contribution in [0.25, 0.3) is 0 Å². The van der Waals surface area contributed by atoms with Gasteiger partial charge in [0.15, 0.2) is 0 Å². The van der Waals surface area contributed by atoms with Gasteiger partial charge in [-0.2, -0.15) is 0 Å². The smallest absolute Gasteiger partial charge is 0.107 e. The average Bonchev–Trinajstić information content (AvgIpc) is 2.79. The summed E-state index contributed by atoms with van der Waals surface area (Å²) in [6.07, 6.45) is 4.00. The molecule has 102 valence electrons. The number of hydrogen-bond donors (Lipinski definition) is 1. The summed E-state index contributed by atoms with van der Waals surface area (Å²) in [5.41, 5.74) is 0.426. The lowest BCUT2D eigenvalue weighted by molar-refractivity contribution is 0.201. The van der Waals surface area contributed by atoms with Crippen molar-refractivity contribution in [2.75, 3.05) is 6.54 Å². The minimum Gasteiger partial charge on any atom is -0.309 e. The molecule has 1 aromatic rings. The summed E-state index contributed by atoms with van der Waals surface area (Å²) in [6.45, 7) is 7.99. The molecular formula is C14H21BrClNS. The van der Waals surface area contributed by atoms with E-state index in [-0.39, 0.29) is 0 Å². The lowest BCUT2D eigenvalue weighted by Gasteiger charge is -2.34. The molecule has 1 aromatic heterocycles. The third-order valence-corrected chi connectivity index (χ3v) is 6.69. The molecule has 2 unspecified atom stereocenters. The van der Waals surface area contributed by atoms with Gasteiger partial charge in [0.1, 0.15) is 4.34 Å². The molecule has 1 fully saturated rings. The second-order valence-electron chi connectivity index (χ2n) is 5.79. The molecule has 1 heterocycles. The van der Waals surface area contributed by atoms with Gasteiger partial charge in [0.05, 0.1) is 0 Å². The zero-order valence-corrected chi connectivity index (χ0v) is 14.4. The van der Waals surface area contributed by atoms with Crippen LogP contribution in [0.4, 0.5) is 0 Å². The van der Waals surface area contributed by atoms with Crippen LogP contribution in [-0.2, 0) is 0 Å². The molecular weight excluding hydrogens is 330 g/mol. The molecule has 0 aromatic carbocycles. The quantitative estimate of drug-likeness (QED) is 0.741. The fraction of sp³-hybridized carbons (Fsp3) is 0.714. The minimum atomic E-state index is 0.426. The standard InChI is InChI=1S/C14H21BrClNS/c1-4-17-12(9-6-5-7-14(9,2)3)11-8-10(15)13(16)18-11/h8-9,12,17H,4-7H2,1-3H3. The van der Waals surface area contributed by atoms with Crippen LogP contribution < -0.4 is 5.32 Å². The van der Waals surface area contributed by atoms with E-state index in [9.17, 15) is 0 Å². The van der Waals surface area contributed by atoms with Gasteiger partial charge >= 0.3 is 0 Å². The summed E-state index contributed by atoms with van der Waals surface area (Å²) in [7, 11) is 0. The third-order valence-electron chi connectivity index (χ3n) is 4.14. The predicted molar refractivity (Wildman–Crippen MR) is 84.6 cm³/mol. The van der Waals surface area contributed by atoms with Crippen molar-refractivity contribution < 1.29 is 0 Å². The van der Waals surface area contributed by atoms with E-state index in [1.165, 1.54) is 24.1 Å². The van der Waals surface area contributed by atoms with Crippen molar-refractivity contribution in [1.82, 2.24) is 5.32 Å². The number of nitrogens with one attached hydrogen (secondary N) is 1. The Kier molecular flexibility index (Phi) is 4.80. The fourth-order valence-corrected chi connectivity index (χ4v) is 5.03. The summed E-state index contributed by atoms with van der Waals surface area (Å²) in [5.74, 6) is 0.707. The summed E-state index contributed by atoms with van der Waals surface area (Å²) >= 11 is 11.4. The summed E-state index contributed by atoms with van der Waals surface area (Å²) < 4.78 is 1.89. The zero-order valence-electron chi connectivity index (χ0n) is 11.2. The van der Waals surface area contributed by atoms with E-state index in [0.717, 1.165) is 15.4 Å². The first-order valence-corrected chi connectivity index (χ1v) is 8.62. The second-order valence-corrected chi connectivity index (χ2v) is 8.33. The lowest BCUT2D eigenvalue weighted by atomic mass is 9.77. The zero-order chi connectivity index (χ0) is 13.3. The van der Waals surface area contributed by atoms with Crippen LogP contribution in [0.3, 0.4) is 0 Å². The Morgan fingerprint density at radius 1 is 1.61 bits per heavy atom. The van der Waals surface area contributed by atoms with E-state index in [2.05, 4.69) is 48.1 Å². The van der Waals surface area contributed by atoms with Crippen molar-refractivity contribution in [3.63, 3.8) is 0 Å². The van der Waals surface area contributed by atoms with Gasteiger partial charge in [-0.25, -0.2) is 0 Å². The molecule has 1 aliphatic rings. The molecule has 0 bridgehead atoms. The molecule has 0 amide bonds. The molecule has 1 saturated carbocycles. The van der Waals surface area contributed by atoms with Gasteiger partial charge in [-0.3, -0.25) is 0 Å². The molecule has 1 N–H and O–H groups in total. The highest BCUT2D eigenvalue weighted by Crippen LogP contribution is 2.50. The molecule has 0 spiro atoms. The van der Waals surface area contributed by atoms with Gasteiger partial charge in [0.2, 0.25) is 0 Å². The number of hydrogen-bond acceptors (Lipinski definition) is 2. The Morgan fingerprint density at radius 2 is 2.33 bits per heavy atom. The first-order chi connectivity index (χ1) is 8.45. The van der Waals surface area contributed by atoms with Crippen LogP contribution in [0.1, 0.15) is 51.0 Å². The van der Waals surface area contributed by atoms with E-state index in [4.69, 9.17) is 11.6 Å². The van der Waals surface area contributed by atoms with Crippen molar-refractivity contribution in [2.45, 2.75) is 46.1 Å². The van der Waals surface area contributed by atoms with Crippen LogP contribution >= 0.6 is 38.9 Å². The van der Waals surface area contributed by atoms with Crippen molar-refractivity contribution >= 4 is 38.9 Å². The maximum Gasteiger partial charge on any atom is 0.107 e. The van der Waals surface area contributed by atoms with E-state index < -0.39 is 0 Å². The lowest BCUT2D eigenvalue weighted by Crippen LogP contribution is -2.33. The van der Waals surface area contributed by atoms with Crippen LogP contribution in [0, 0.1) is 11.3 Å². The van der Waals surface area contributed by atoms with Crippen LogP contribution in [0.15, 0.2) is 10.5 Å². The van der Waals surface area contributed by atoms with Gasteiger partial charge in [-0.15, -0.1) is 11.3 Å². The highest BCUT2D eigenvalue weighted by Gasteiger charge is 2.40. The minimum absolute atomic E-state index is 0.426. The first-order valence-electron chi connectivity index (χ1n) is 6.64. The van der Waals surface area contributed by atoms with E-state index >= 15 is 0 Å².